The minimum Gasteiger partial charge on any atom is -0.494 e. The normalized spacial score (nSPS) is 12.8. The van der Waals surface area contributed by atoms with Crippen LogP contribution in [0.5, 0.6) is 11.5 Å². The van der Waals surface area contributed by atoms with Gasteiger partial charge < -0.3 is 9.47 Å². The average molecular weight is 411 g/mol. The summed E-state index contributed by atoms with van der Waals surface area (Å²) in [5.41, 5.74) is 1.92. The van der Waals surface area contributed by atoms with Crippen LogP contribution >= 0.6 is 11.8 Å². The summed E-state index contributed by atoms with van der Waals surface area (Å²) in [5, 5.41) is 24.4. The Morgan fingerprint density at radius 1 is 1.07 bits per heavy atom. The first kappa shape index (κ1) is 18.9. The van der Waals surface area contributed by atoms with Crippen LogP contribution in [0, 0.1) is 10.1 Å². The molecule has 29 heavy (non-hydrogen) atoms. The van der Waals surface area contributed by atoms with Crippen LogP contribution in [-0.4, -0.2) is 37.9 Å². The van der Waals surface area contributed by atoms with Gasteiger partial charge in [-0.2, -0.15) is 9.78 Å². The van der Waals surface area contributed by atoms with Crippen molar-refractivity contribution >= 4 is 23.2 Å². The minimum absolute atomic E-state index is 0.0122. The third kappa shape index (κ3) is 4.21. The second-order valence-corrected chi connectivity index (χ2v) is 6.99. The molecule has 0 fully saturated rings. The number of rotatable bonds is 7. The molecule has 148 valence electrons. The highest BCUT2D eigenvalue weighted by atomic mass is 32.2. The molecule has 1 aromatic heterocycles. The van der Waals surface area contributed by atoms with E-state index in [4.69, 9.17) is 9.47 Å². The molecular formula is C19H17N5O4S. The van der Waals surface area contributed by atoms with Crippen LogP contribution in [-0.2, 0) is 6.61 Å². The van der Waals surface area contributed by atoms with Crippen LogP contribution < -0.4 is 9.47 Å². The van der Waals surface area contributed by atoms with Crippen molar-refractivity contribution in [3.8, 4) is 11.5 Å². The van der Waals surface area contributed by atoms with E-state index < -0.39 is 4.92 Å². The number of non-ortho nitro benzene ring substituents is 1. The number of nitro benzene ring substituents is 1. The Labute approximate surface area is 170 Å². The van der Waals surface area contributed by atoms with Gasteiger partial charge in [0.2, 0.25) is 5.16 Å². The third-order valence-corrected chi connectivity index (χ3v) is 5.08. The highest BCUT2D eigenvalue weighted by Crippen LogP contribution is 2.26. The lowest BCUT2D eigenvalue weighted by molar-refractivity contribution is -0.384. The molecule has 0 spiro atoms. The van der Waals surface area contributed by atoms with Crippen molar-refractivity contribution in [3.05, 3.63) is 70.0 Å². The summed E-state index contributed by atoms with van der Waals surface area (Å²) in [6.45, 7) is 2.72. The Kier molecular flexibility index (Phi) is 5.43. The molecule has 0 saturated carbocycles. The number of fused-ring (bicyclic) bond motifs is 1. The highest BCUT2D eigenvalue weighted by Gasteiger charge is 2.20. The van der Waals surface area contributed by atoms with Gasteiger partial charge in [-0.05, 0) is 48.9 Å². The molecule has 0 bridgehead atoms. The topological polar surface area (TPSA) is 105 Å². The Balaban J connectivity index is 1.50. The van der Waals surface area contributed by atoms with Crippen molar-refractivity contribution in [1.82, 2.24) is 14.9 Å². The zero-order valence-electron chi connectivity index (χ0n) is 15.5. The van der Waals surface area contributed by atoms with Crippen LogP contribution in [0.2, 0.25) is 0 Å². The molecule has 0 saturated heterocycles. The maximum absolute atomic E-state index is 10.7. The fourth-order valence-corrected chi connectivity index (χ4v) is 3.58. The van der Waals surface area contributed by atoms with Gasteiger partial charge in [0.25, 0.3) is 5.69 Å². The number of hydrogen-bond acceptors (Lipinski definition) is 8. The minimum atomic E-state index is -0.451. The number of benzene rings is 2. The number of aromatic nitrogens is 3. The van der Waals surface area contributed by atoms with E-state index in [1.807, 2.05) is 31.2 Å². The fourth-order valence-electron chi connectivity index (χ4n) is 2.72. The fraction of sp³-hybridized carbons (Fsp3) is 0.211. The first-order chi connectivity index (χ1) is 14.1. The average Bonchev–Trinajstić information content (AvgIpc) is 3.15. The second-order valence-electron chi connectivity index (χ2n) is 6.04. The van der Waals surface area contributed by atoms with Gasteiger partial charge in [0, 0.05) is 17.9 Å². The summed E-state index contributed by atoms with van der Waals surface area (Å²) >= 11 is 1.55. The van der Waals surface area contributed by atoms with Crippen LogP contribution in [0.4, 0.5) is 5.69 Å². The van der Waals surface area contributed by atoms with Gasteiger partial charge in [-0.1, -0.05) is 11.8 Å². The molecule has 9 nitrogen and oxygen atoms in total. The van der Waals surface area contributed by atoms with Gasteiger partial charge in [-0.3, -0.25) is 10.1 Å². The summed E-state index contributed by atoms with van der Waals surface area (Å²) in [5.74, 6) is 2.57. The van der Waals surface area contributed by atoms with E-state index in [0.717, 1.165) is 17.0 Å². The molecule has 0 amide bonds. The van der Waals surface area contributed by atoms with Gasteiger partial charge in [-0.15, -0.1) is 10.2 Å². The van der Waals surface area contributed by atoms with E-state index in [2.05, 4.69) is 15.3 Å². The first-order valence-electron chi connectivity index (χ1n) is 8.89. The van der Waals surface area contributed by atoms with Crippen molar-refractivity contribution < 1.29 is 14.4 Å². The van der Waals surface area contributed by atoms with Crippen molar-refractivity contribution in [2.75, 3.05) is 12.4 Å². The van der Waals surface area contributed by atoms with Crippen LogP contribution in [0.1, 0.15) is 18.3 Å². The summed E-state index contributed by atoms with van der Waals surface area (Å²) < 4.78 is 12.8. The van der Waals surface area contributed by atoms with E-state index in [9.17, 15) is 10.1 Å². The lowest BCUT2D eigenvalue weighted by Gasteiger charge is -2.14. The highest BCUT2D eigenvalue weighted by molar-refractivity contribution is 7.99. The number of nitro groups is 1. The molecule has 10 heteroatoms. The van der Waals surface area contributed by atoms with E-state index in [0.29, 0.717) is 29.1 Å². The predicted molar refractivity (Wildman–Crippen MR) is 108 cm³/mol. The number of nitrogens with zero attached hydrogens (tertiary/aromatic N) is 5. The van der Waals surface area contributed by atoms with E-state index in [1.54, 1.807) is 28.6 Å². The summed E-state index contributed by atoms with van der Waals surface area (Å²) in [4.78, 5) is 10.3. The molecule has 0 aliphatic carbocycles. The summed E-state index contributed by atoms with van der Waals surface area (Å²) in [6.07, 6.45) is 0. The number of thioether (sulfide) groups is 1. The zero-order chi connectivity index (χ0) is 20.2. The molecule has 2 heterocycles. The lowest BCUT2D eigenvalue weighted by atomic mass is 10.1. The molecular weight excluding hydrogens is 394 g/mol. The van der Waals surface area contributed by atoms with Gasteiger partial charge in [-0.25, -0.2) is 0 Å². The predicted octanol–water partition coefficient (Wildman–Crippen LogP) is 3.52. The van der Waals surface area contributed by atoms with Gasteiger partial charge >= 0.3 is 0 Å². The largest absolute Gasteiger partial charge is 0.494 e. The SMILES string of the molecule is CCOc1ccc(C2=Nn3c(COc4ccc([N+](=O)[O-])cc4)nnc3SC2)cc1. The van der Waals surface area contributed by atoms with E-state index in [1.165, 1.54) is 12.1 Å². The molecule has 0 atom stereocenters. The summed E-state index contributed by atoms with van der Waals surface area (Å²) in [7, 11) is 0. The number of hydrogen-bond donors (Lipinski definition) is 0. The van der Waals surface area contributed by atoms with Crippen molar-refractivity contribution in [1.29, 1.82) is 0 Å². The second kappa shape index (κ2) is 8.31. The van der Waals surface area contributed by atoms with Gasteiger partial charge in [0.05, 0.1) is 17.2 Å². The molecule has 1 aliphatic heterocycles. The molecule has 4 rings (SSSR count). The molecule has 3 aromatic rings. The van der Waals surface area contributed by atoms with E-state index >= 15 is 0 Å². The molecule has 1 aliphatic rings. The smallest absolute Gasteiger partial charge is 0.269 e. The monoisotopic (exact) mass is 411 g/mol. The third-order valence-electron chi connectivity index (χ3n) is 4.15. The lowest BCUT2D eigenvalue weighted by Crippen LogP contribution is -2.15. The first-order valence-corrected chi connectivity index (χ1v) is 9.88. The van der Waals surface area contributed by atoms with Crippen LogP contribution in [0.3, 0.4) is 0 Å². The Hall–Kier alpha value is -3.40. The molecule has 0 radical (unpaired) electrons. The standard InChI is InChI=1S/C19H17N5O4S/c1-2-27-15-7-3-13(4-8-15)17-12-29-19-21-20-18(23(19)22-17)11-28-16-9-5-14(6-10-16)24(25)26/h3-10H,2,11-12H2,1H3. The zero-order valence-corrected chi connectivity index (χ0v) is 16.3. The Morgan fingerprint density at radius 3 is 2.45 bits per heavy atom. The van der Waals surface area contributed by atoms with Gasteiger partial charge in [0.15, 0.2) is 5.82 Å². The maximum Gasteiger partial charge on any atom is 0.269 e. The van der Waals surface area contributed by atoms with Crippen LogP contribution in [0.25, 0.3) is 0 Å². The molecule has 0 N–H and O–H groups in total. The molecule has 2 aromatic carbocycles. The summed E-state index contributed by atoms with van der Waals surface area (Å²) in [6, 6.07) is 13.7. The van der Waals surface area contributed by atoms with Gasteiger partial charge in [0.1, 0.15) is 18.1 Å². The molecule has 0 unspecified atom stereocenters. The number of ether oxygens (including phenoxy) is 2. The Bertz CT molecular complexity index is 1050. The Morgan fingerprint density at radius 2 is 1.76 bits per heavy atom. The van der Waals surface area contributed by atoms with Crippen LogP contribution in [0.15, 0.2) is 58.8 Å². The van der Waals surface area contributed by atoms with Crippen molar-refractivity contribution in [2.45, 2.75) is 18.7 Å². The van der Waals surface area contributed by atoms with Crippen molar-refractivity contribution in [2.24, 2.45) is 5.10 Å². The van der Waals surface area contributed by atoms with Crippen molar-refractivity contribution in [3.63, 3.8) is 0 Å². The quantitative estimate of drug-likeness (QED) is 0.433. The van der Waals surface area contributed by atoms with E-state index in [-0.39, 0.29) is 12.3 Å². The maximum atomic E-state index is 10.7.